The van der Waals surface area contributed by atoms with Crippen LogP contribution in [0.5, 0.6) is 0 Å². The van der Waals surface area contributed by atoms with E-state index >= 15 is 0 Å². The number of nitrogens with one attached hydrogen (secondary N) is 1. The van der Waals surface area contributed by atoms with Gasteiger partial charge in [-0.05, 0) is 58.7 Å². The average Bonchev–Trinajstić information content (AvgIpc) is 3.41. The van der Waals surface area contributed by atoms with Crippen LogP contribution in [0, 0.1) is 0 Å². The van der Waals surface area contributed by atoms with E-state index < -0.39 is 29.4 Å². The minimum Gasteiger partial charge on any atom is -0.347 e. The molecule has 11 heteroatoms. The van der Waals surface area contributed by atoms with E-state index in [-0.39, 0.29) is 12.2 Å². The molecule has 1 N–H and O–H groups in total. The Morgan fingerprint density at radius 3 is 1.80 bits per heavy atom. The molecule has 5 rings (SSSR count). The molecule has 1 aromatic heterocycles. The number of rotatable bonds is 8. The van der Waals surface area contributed by atoms with Crippen molar-refractivity contribution in [1.29, 1.82) is 0 Å². The predicted octanol–water partition coefficient (Wildman–Crippen LogP) is 8.62. The Balaban J connectivity index is 1.29. The third-order valence-corrected chi connectivity index (χ3v) is 7.25. The lowest BCUT2D eigenvalue weighted by Crippen LogP contribution is -2.24. The lowest BCUT2D eigenvalue weighted by Gasteiger charge is -2.20. The normalized spacial score (nSPS) is 11.7. The van der Waals surface area contributed by atoms with E-state index in [4.69, 9.17) is 0 Å². The number of para-hydroxylation sites is 1. The van der Waals surface area contributed by atoms with Crippen LogP contribution in [-0.4, -0.2) is 16.9 Å². The Morgan fingerprint density at radius 2 is 1.27 bits per heavy atom. The van der Waals surface area contributed by atoms with Crippen LogP contribution in [0.3, 0.4) is 0 Å². The Kier molecular flexibility index (Phi) is 8.54. The minimum absolute atomic E-state index is 0.167. The zero-order chi connectivity index (χ0) is 32.4. The molecule has 5 aromatic rings. The second-order valence-corrected chi connectivity index (χ2v) is 10.2. The number of hydrogen-bond acceptors (Lipinski definition) is 2. The van der Waals surface area contributed by atoms with Crippen molar-refractivity contribution >= 4 is 23.7 Å². The van der Waals surface area contributed by atoms with E-state index in [1.807, 2.05) is 0 Å². The van der Waals surface area contributed by atoms with E-state index in [2.05, 4.69) is 5.32 Å². The number of carbonyl (C=O) groups is 2. The van der Waals surface area contributed by atoms with Crippen LogP contribution in [0.2, 0.25) is 0 Å². The van der Waals surface area contributed by atoms with Crippen molar-refractivity contribution in [2.75, 3.05) is 4.90 Å². The number of alkyl halides is 6. The van der Waals surface area contributed by atoms with Crippen molar-refractivity contribution < 1.29 is 35.9 Å². The topological polar surface area (TPSA) is 54.3 Å². The van der Waals surface area contributed by atoms with Crippen LogP contribution in [-0.2, 0) is 30.7 Å². The summed E-state index contributed by atoms with van der Waals surface area (Å²) in [5.74, 6) is -0.419. The first kappa shape index (κ1) is 31.1. The number of benzene rings is 4. The van der Waals surface area contributed by atoms with Crippen molar-refractivity contribution in [3.05, 3.63) is 132 Å². The molecule has 0 spiro atoms. The van der Waals surface area contributed by atoms with Gasteiger partial charge in [-0.1, -0.05) is 66.7 Å². The van der Waals surface area contributed by atoms with Crippen molar-refractivity contribution in [3.63, 3.8) is 0 Å². The Labute approximate surface area is 254 Å². The Morgan fingerprint density at radius 1 is 0.756 bits per heavy atom. The summed E-state index contributed by atoms with van der Waals surface area (Å²) < 4.78 is 79.3. The van der Waals surface area contributed by atoms with Crippen LogP contribution in [0.25, 0.3) is 22.3 Å². The van der Waals surface area contributed by atoms with Gasteiger partial charge < -0.3 is 9.88 Å². The van der Waals surface area contributed by atoms with Gasteiger partial charge in [0, 0.05) is 25.4 Å². The number of carbonyl (C=O) groups excluding carboxylic acids is 2. The summed E-state index contributed by atoms with van der Waals surface area (Å²) in [7, 11) is 1.64. The van der Waals surface area contributed by atoms with Gasteiger partial charge in [0.2, 0.25) is 6.41 Å². The highest BCUT2D eigenvalue weighted by Crippen LogP contribution is 2.37. The largest absolute Gasteiger partial charge is 0.416 e. The molecule has 0 fully saturated rings. The molecule has 1 heterocycles. The van der Waals surface area contributed by atoms with E-state index in [1.165, 1.54) is 35.2 Å². The van der Waals surface area contributed by atoms with Gasteiger partial charge in [0.1, 0.15) is 5.69 Å². The van der Waals surface area contributed by atoms with E-state index in [0.717, 1.165) is 35.4 Å². The van der Waals surface area contributed by atoms with Gasteiger partial charge in [-0.25, -0.2) is 0 Å². The van der Waals surface area contributed by atoms with Crippen molar-refractivity contribution in [2.45, 2.75) is 18.9 Å². The van der Waals surface area contributed by atoms with Crippen LogP contribution in [0.1, 0.15) is 27.2 Å². The lowest BCUT2D eigenvalue weighted by atomic mass is 10.0. The number of nitrogens with zero attached hydrogens (tertiary/aromatic N) is 2. The van der Waals surface area contributed by atoms with Crippen molar-refractivity contribution in [2.24, 2.45) is 7.05 Å². The molecule has 5 nitrogen and oxygen atoms in total. The maximum absolute atomic E-state index is 13.1. The SMILES string of the molecule is Cn1cc(N(C=O)c2ccccc2-c2ccc(C(F)(F)F)cc2)cc1C(=O)NCc1ccc(-c2ccc(C(F)(F)F)cc2)cc1. The highest BCUT2D eigenvalue weighted by Gasteiger charge is 2.31. The van der Waals surface area contributed by atoms with Gasteiger partial charge in [0.15, 0.2) is 0 Å². The van der Waals surface area contributed by atoms with Crippen LogP contribution in [0.4, 0.5) is 37.7 Å². The van der Waals surface area contributed by atoms with Crippen LogP contribution in [0.15, 0.2) is 109 Å². The van der Waals surface area contributed by atoms with Crippen molar-refractivity contribution in [3.8, 4) is 22.3 Å². The summed E-state index contributed by atoms with van der Waals surface area (Å²) in [5.41, 5.74) is 2.62. The van der Waals surface area contributed by atoms with Gasteiger partial charge in [-0.2, -0.15) is 26.3 Å². The summed E-state index contributed by atoms with van der Waals surface area (Å²) in [6, 6.07) is 24.8. The lowest BCUT2D eigenvalue weighted by molar-refractivity contribution is -0.138. The molecule has 2 amide bonds. The molecule has 0 aliphatic rings. The maximum Gasteiger partial charge on any atom is 0.416 e. The molecule has 0 saturated heterocycles. The Hall–Kier alpha value is -5.32. The standard InChI is InChI=1S/C34H25F6N3O2/c1-42-20-28(43(21-44)30-5-3-2-4-29(30)25-12-16-27(17-13-25)34(38,39)40)18-31(42)32(45)41-19-22-6-8-23(9-7-22)24-10-14-26(15-11-24)33(35,36)37/h2-18,20-21H,19H2,1H3,(H,41,45). The number of halogens is 6. The molecule has 230 valence electrons. The number of hydrogen-bond donors (Lipinski definition) is 1. The van der Waals surface area contributed by atoms with E-state index in [0.29, 0.717) is 34.5 Å². The second kappa shape index (κ2) is 12.4. The summed E-state index contributed by atoms with van der Waals surface area (Å²) in [5, 5.41) is 2.82. The molecule has 0 radical (unpaired) electrons. The van der Waals surface area contributed by atoms with Gasteiger partial charge in [0.05, 0.1) is 22.5 Å². The first-order valence-corrected chi connectivity index (χ1v) is 13.6. The van der Waals surface area contributed by atoms with Crippen molar-refractivity contribution in [1.82, 2.24) is 9.88 Å². The van der Waals surface area contributed by atoms with E-state index in [9.17, 15) is 35.9 Å². The fraction of sp³-hybridized carbons (Fsp3) is 0.118. The molecular weight excluding hydrogens is 596 g/mol. The third-order valence-electron chi connectivity index (χ3n) is 7.25. The molecule has 45 heavy (non-hydrogen) atoms. The fourth-order valence-electron chi connectivity index (χ4n) is 4.87. The van der Waals surface area contributed by atoms with Crippen LogP contribution < -0.4 is 10.2 Å². The Bertz CT molecular complexity index is 1810. The molecule has 0 saturated carbocycles. The monoisotopic (exact) mass is 621 g/mol. The molecule has 0 aliphatic heterocycles. The highest BCUT2D eigenvalue weighted by molar-refractivity contribution is 5.98. The summed E-state index contributed by atoms with van der Waals surface area (Å²) >= 11 is 0. The summed E-state index contributed by atoms with van der Waals surface area (Å²) in [4.78, 5) is 26.7. The number of anilines is 2. The molecule has 0 bridgehead atoms. The predicted molar refractivity (Wildman–Crippen MR) is 159 cm³/mol. The average molecular weight is 622 g/mol. The first-order valence-electron chi connectivity index (χ1n) is 13.6. The molecule has 0 aliphatic carbocycles. The molecule has 0 atom stereocenters. The second-order valence-electron chi connectivity index (χ2n) is 10.2. The zero-order valence-corrected chi connectivity index (χ0v) is 23.7. The zero-order valence-electron chi connectivity index (χ0n) is 23.7. The van der Waals surface area contributed by atoms with Gasteiger partial charge in [-0.3, -0.25) is 14.5 Å². The molecular formula is C34H25F6N3O2. The third kappa shape index (κ3) is 6.93. The van der Waals surface area contributed by atoms with E-state index in [1.54, 1.807) is 66.3 Å². The number of amides is 2. The fourth-order valence-corrected chi connectivity index (χ4v) is 4.87. The van der Waals surface area contributed by atoms with Gasteiger partial charge in [-0.15, -0.1) is 0 Å². The minimum atomic E-state index is -4.48. The molecule has 4 aromatic carbocycles. The maximum atomic E-state index is 13.1. The summed E-state index contributed by atoms with van der Waals surface area (Å²) in [6.45, 7) is 0.167. The van der Waals surface area contributed by atoms with Gasteiger partial charge >= 0.3 is 12.4 Å². The van der Waals surface area contributed by atoms with Gasteiger partial charge in [0.25, 0.3) is 5.91 Å². The number of aryl methyl sites for hydroxylation is 1. The quantitative estimate of drug-likeness (QED) is 0.139. The van der Waals surface area contributed by atoms with Crippen LogP contribution >= 0.6 is 0 Å². The molecule has 0 unspecified atom stereocenters. The highest BCUT2D eigenvalue weighted by atomic mass is 19.4. The first-order chi connectivity index (χ1) is 21.3. The number of aromatic nitrogens is 1. The smallest absolute Gasteiger partial charge is 0.347 e. The summed E-state index contributed by atoms with van der Waals surface area (Å²) in [6.07, 6.45) is -6.73.